The summed E-state index contributed by atoms with van der Waals surface area (Å²) >= 11 is 0. The summed E-state index contributed by atoms with van der Waals surface area (Å²) < 4.78 is 4.51. The lowest BCUT2D eigenvalue weighted by Crippen LogP contribution is -2.01. The Balaban J connectivity index is 2.63. The van der Waals surface area contributed by atoms with Crippen molar-refractivity contribution in [2.45, 2.75) is 19.4 Å². The second kappa shape index (κ2) is 5.36. The van der Waals surface area contributed by atoms with E-state index in [1.54, 1.807) is 18.2 Å². The summed E-state index contributed by atoms with van der Waals surface area (Å²) in [6, 6.07) is 4.96. The van der Waals surface area contributed by atoms with Gasteiger partial charge in [0.15, 0.2) is 0 Å². The van der Waals surface area contributed by atoms with Crippen LogP contribution in [0.4, 0.5) is 0 Å². The van der Waals surface area contributed by atoms with Crippen LogP contribution in [0.3, 0.4) is 0 Å². The van der Waals surface area contributed by atoms with Gasteiger partial charge in [0.2, 0.25) is 0 Å². The molecule has 0 aliphatic carbocycles. The Morgan fingerprint density at radius 2 is 2.20 bits per heavy atom. The van der Waals surface area contributed by atoms with Crippen molar-refractivity contribution in [2.75, 3.05) is 7.11 Å². The van der Waals surface area contributed by atoms with Crippen molar-refractivity contribution < 1.29 is 19.7 Å². The van der Waals surface area contributed by atoms with Crippen molar-refractivity contribution >= 4 is 5.97 Å². The Hall–Kier alpha value is -1.55. The van der Waals surface area contributed by atoms with Crippen LogP contribution in [0.15, 0.2) is 18.2 Å². The topological polar surface area (TPSA) is 66.8 Å². The van der Waals surface area contributed by atoms with Crippen molar-refractivity contribution in [3.63, 3.8) is 0 Å². The molecule has 15 heavy (non-hydrogen) atoms. The highest BCUT2D eigenvalue weighted by atomic mass is 16.5. The molecule has 0 fully saturated rings. The Labute approximate surface area is 88.1 Å². The SMILES string of the molecule is COC(=O)CCc1ccc(CO)c(O)c1. The van der Waals surface area contributed by atoms with Crippen LogP contribution in [0.1, 0.15) is 17.5 Å². The Morgan fingerprint density at radius 1 is 1.47 bits per heavy atom. The molecule has 0 aliphatic rings. The van der Waals surface area contributed by atoms with Gasteiger partial charge in [-0.2, -0.15) is 0 Å². The Kier molecular flexibility index (Phi) is 4.12. The summed E-state index contributed by atoms with van der Waals surface area (Å²) in [6.45, 7) is -0.191. The monoisotopic (exact) mass is 210 g/mol. The van der Waals surface area contributed by atoms with Crippen LogP contribution in [-0.2, 0) is 22.6 Å². The fraction of sp³-hybridized carbons (Fsp3) is 0.364. The molecule has 1 rings (SSSR count). The predicted octanol–water partition coefficient (Wildman–Crippen LogP) is 0.990. The minimum atomic E-state index is -0.277. The number of aliphatic hydroxyl groups excluding tert-OH is 1. The molecule has 0 saturated heterocycles. The molecule has 0 radical (unpaired) electrons. The van der Waals surface area contributed by atoms with Crippen LogP contribution in [-0.4, -0.2) is 23.3 Å². The fourth-order valence-corrected chi connectivity index (χ4v) is 1.25. The normalized spacial score (nSPS) is 10.0. The smallest absolute Gasteiger partial charge is 0.305 e. The molecule has 4 nitrogen and oxygen atoms in total. The number of ether oxygens (including phenoxy) is 1. The van der Waals surface area contributed by atoms with Crippen LogP contribution in [0.2, 0.25) is 0 Å². The molecule has 1 aromatic rings. The molecule has 0 atom stereocenters. The van der Waals surface area contributed by atoms with Gasteiger partial charge in [-0.3, -0.25) is 4.79 Å². The summed E-state index contributed by atoms with van der Waals surface area (Å²) in [6.07, 6.45) is 0.806. The lowest BCUT2D eigenvalue weighted by Gasteiger charge is -2.04. The van der Waals surface area contributed by atoms with Gasteiger partial charge in [-0.1, -0.05) is 12.1 Å². The summed E-state index contributed by atoms with van der Waals surface area (Å²) in [5.74, 6) is -0.222. The van der Waals surface area contributed by atoms with Crippen LogP contribution >= 0.6 is 0 Å². The lowest BCUT2D eigenvalue weighted by molar-refractivity contribution is -0.140. The van der Waals surface area contributed by atoms with E-state index in [0.29, 0.717) is 12.0 Å². The number of aryl methyl sites for hydroxylation is 1. The van der Waals surface area contributed by atoms with Crippen molar-refractivity contribution in [1.82, 2.24) is 0 Å². The third-order valence-electron chi connectivity index (χ3n) is 2.17. The first-order valence-corrected chi connectivity index (χ1v) is 4.66. The Bertz CT molecular complexity index is 346. The highest BCUT2D eigenvalue weighted by molar-refractivity contribution is 5.69. The molecular weight excluding hydrogens is 196 g/mol. The summed E-state index contributed by atoms with van der Waals surface area (Å²) in [5, 5.41) is 18.3. The molecule has 0 bridgehead atoms. The molecule has 0 aliphatic heterocycles. The van der Waals surface area contributed by atoms with Gasteiger partial charge in [0.1, 0.15) is 5.75 Å². The number of carbonyl (C=O) groups is 1. The third-order valence-corrected chi connectivity index (χ3v) is 2.17. The van der Waals surface area contributed by atoms with E-state index in [-0.39, 0.29) is 24.7 Å². The van der Waals surface area contributed by atoms with Gasteiger partial charge in [-0.15, -0.1) is 0 Å². The number of hydrogen-bond acceptors (Lipinski definition) is 4. The lowest BCUT2D eigenvalue weighted by atomic mass is 10.1. The first kappa shape index (κ1) is 11.5. The molecule has 82 valence electrons. The van der Waals surface area contributed by atoms with E-state index in [4.69, 9.17) is 5.11 Å². The number of phenols is 1. The zero-order chi connectivity index (χ0) is 11.3. The van der Waals surface area contributed by atoms with E-state index in [1.165, 1.54) is 7.11 Å². The molecular formula is C11H14O4. The number of benzene rings is 1. The number of hydrogen-bond donors (Lipinski definition) is 2. The second-order valence-corrected chi connectivity index (χ2v) is 3.20. The van der Waals surface area contributed by atoms with E-state index < -0.39 is 0 Å². The first-order valence-electron chi connectivity index (χ1n) is 4.66. The molecule has 0 heterocycles. The molecule has 0 aromatic heterocycles. The summed E-state index contributed by atoms with van der Waals surface area (Å²) in [5.41, 5.74) is 1.33. The minimum Gasteiger partial charge on any atom is -0.508 e. The van der Waals surface area contributed by atoms with Crippen LogP contribution in [0.25, 0.3) is 0 Å². The fourth-order valence-electron chi connectivity index (χ4n) is 1.25. The summed E-state index contributed by atoms with van der Waals surface area (Å²) in [7, 11) is 1.34. The van der Waals surface area contributed by atoms with E-state index in [2.05, 4.69) is 4.74 Å². The van der Waals surface area contributed by atoms with Crippen molar-refractivity contribution in [3.8, 4) is 5.75 Å². The van der Waals surface area contributed by atoms with E-state index in [9.17, 15) is 9.90 Å². The number of rotatable bonds is 4. The number of methoxy groups -OCH3 is 1. The van der Waals surface area contributed by atoms with Crippen molar-refractivity contribution in [3.05, 3.63) is 29.3 Å². The molecule has 2 N–H and O–H groups in total. The average Bonchev–Trinajstić information content (AvgIpc) is 2.26. The largest absolute Gasteiger partial charge is 0.508 e. The first-order chi connectivity index (χ1) is 7.17. The number of aliphatic hydroxyl groups is 1. The number of aromatic hydroxyl groups is 1. The molecule has 1 aromatic carbocycles. The van der Waals surface area contributed by atoms with Crippen LogP contribution in [0, 0.1) is 0 Å². The Morgan fingerprint density at radius 3 is 2.73 bits per heavy atom. The van der Waals surface area contributed by atoms with E-state index >= 15 is 0 Å². The maximum Gasteiger partial charge on any atom is 0.305 e. The highest BCUT2D eigenvalue weighted by Gasteiger charge is 2.04. The molecule has 0 spiro atoms. The predicted molar refractivity (Wildman–Crippen MR) is 54.4 cm³/mol. The van der Waals surface area contributed by atoms with Gasteiger partial charge in [-0.05, 0) is 18.1 Å². The molecule has 0 unspecified atom stereocenters. The minimum absolute atomic E-state index is 0.0554. The van der Waals surface area contributed by atoms with Gasteiger partial charge in [-0.25, -0.2) is 0 Å². The summed E-state index contributed by atoms with van der Waals surface area (Å²) in [4.78, 5) is 10.9. The van der Waals surface area contributed by atoms with Gasteiger partial charge in [0.25, 0.3) is 0 Å². The van der Waals surface area contributed by atoms with Gasteiger partial charge >= 0.3 is 5.97 Å². The molecule has 0 saturated carbocycles. The second-order valence-electron chi connectivity index (χ2n) is 3.20. The van der Waals surface area contributed by atoms with Gasteiger partial charge < -0.3 is 14.9 Å². The van der Waals surface area contributed by atoms with Crippen LogP contribution < -0.4 is 0 Å². The quantitative estimate of drug-likeness (QED) is 0.727. The van der Waals surface area contributed by atoms with Crippen molar-refractivity contribution in [1.29, 1.82) is 0 Å². The zero-order valence-corrected chi connectivity index (χ0v) is 8.56. The molecule has 0 amide bonds. The van der Waals surface area contributed by atoms with Crippen LogP contribution in [0.5, 0.6) is 5.75 Å². The van der Waals surface area contributed by atoms with Gasteiger partial charge in [0.05, 0.1) is 13.7 Å². The maximum atomic E-state index is 10.9. The third kappa shape index (κ3) is 3.25. The standard InChI is InChI=1S/C11H14O4/c1-15-11(14)5-3-8-2-4-9(7-12)10(13)6-8/h2,4,6,12-13H,3,5,7H2,1H3. The molecule has 4 heteroatoms. The highest BCUT2D eigenvalue weighted by Crippen LogP contribution is 2.19. The average molecular weight is 210 g/mol. The van der Waals surface area contributed by atoms with Crippen molar-refractivity contribution in [2.24, 2.45) is 0 Å². The number of esters is 1. The van der Waals surface area contributed by atoms with E-state index in [1.807, 2.05) is 0 Å². The van der Waals surface area contributed by atoms with Gasteiger partial charge in [0, 0.05) is 12.0 Å². The maximum absolute atomic E-state index is 10.9. The number of carbonyl (C=O) groups excluding carboxylic acids is 1. The van der Waals surface area contributed by atoms with E-state index in [0.717, 1.165) is 5.56 Å². The zero-order valence-electron chi connectivity index (χ0n) is 8.56.